The highest BCUT2D eigenvalue weighted by Gasteiger charge is 2.08. The zero-order valence-corrected chi connectivity index (χ0v) is 11.0. The summed E-state index contributed by atoms with van der Waals surface area (Å²) in [5.41, 5.74) is 1.95. The van der Waals surface area contributed by atoms with Gasteiger partial charge in [0.2, 0.25) is 0 Å². The van der Waals surface area contributed by atoms with E-state index in [1.54, 1.807) is 17.1 Å². The molecule has 0 saturated heterocycles. The first-order chi connectivity index (χ1) is 8.20. The molecule has 0 aromatic carbocycles. The number of hydrogen-bond donors (Lipinski definition) is 2. The predicted molar refractivity (Wildman–Crippen MR) is 69.7 cm³/mol. The number of aliphatic hydroxyl groups excluding tert-OH is 1. The molecule has 2 heterocycles. The van der Waals surface area contributed by atoms with Crippen LogP contribution in [0.15, 0.2) is 29.1 Å². The van der Waals surface area contributed by atoms with Gasteiger partial charge in [-0.2, -0.15) is 5.10 Å². The smallest absolute Gasteiger partial charge is 0.134 e. The molecular formula is C11H13BrN4O. The molecule has 2 aromatic heterocycles. The van der Waals surface area contributed by atoms with Gasteiger partial charge in [-0.25, -0.2) is 4.98 Å². The summed E-state index contributed by atoms with van der Waals surface area (Å²) in [6.45, 7) is 0.548. The Balaban J connectivity index is 2.39. The number of nitrogens with zero attached hydrogens (tertiary/aromatic N) is 3. The number of aromatic nitrogens is 3. The average Bonchev–Trinajstić information content (AvgIpc) is 2.74. The van der Waals surface area contributed by atoms with Gasteiger partial charge in [0.25, 0.3) is 0 Å². The number of aliphatic hydroxyl groups is 1. The van der Waals surface area contributed by atoms with E-state index in [1.807, 2.05) is 19.3 Å². The fourth-order valence-corrected chi connectivity index (χ4v) is 1.87. The molecule has 90 valence electrons. The summed E-state index contributed by atoms with van der Waals surface area (Å²) in [6.07, 6.45) is 5.43. The van der Waals surface area contributed by atoms with Crippen molar-refractivity contribution in [3.8, 4) is 11.1 Å². The van der Waals surface area contributed by atoms with Crippen LogP contribution < -0.4 is 5.32 Å². The first-order valence-electron chi connectivity index (χ1n) is 5.20. The first-order valence-corrected chi connectivity index (χ1v) is 5.99. The molecule has 0 atom stereocenters. The Morgan fingerprint density at radius 1 is 1.47 bits per heavy atom. The predicted octanol–water partition coefficient (Wildman–Crippen LogP) is 1.65. The lowest BCUT2D eigenvalue weighted by molar-refractivity contribution is 0.311. The lowest BCUT2D eigenvalue weighted by atomic mass is 10.1. The van der Waals surface area contributed by atoms with E-state index < -0.39 is 0 Å². The van der Waals surface area contributed by atoms with Gasteiger partial charge in [-0.15, -0.1) is 0 Å². The molecule has 0 aliphatic heterocycles. The molecule has 2 N–H and O–H groups in total. The monoisotopic (exact) mass is 296 g/mol. The van der Waals surface area contributed by atoms with Gasteiger partial charge in [0.1, 0.15) is 5.82 Å². The molecule has 0 amide bonds. The van der Waals surface area contributed by atoms with E-state index in [-0.39, 0.29) is 6.61 Å². The molecule has 17 heavy (non-hydrogen) atoms. The molecule has 0 unspecified atom stereocenters. The van der Waals surface area contributed by atoms with E-state index in [9.17, 15) is 0 Å². The third kappa shape index (κ3) is 2.83. The summed E-state index contributed by atoms with van der Waals surface area (Å²) in [7, 11) is 1.87. The number of hydrogen-bond acceptors (Lipinski definition) is 4. The molecule has 0 bridgehead atoms. The Morgan fingerprint density at radius 2 is 2.29 bits per heavy atom. The second kappa shape index (κ2) is 5.29. The van der Waals surface area contributed by atoms with Gasteiger partial charge in [0, 0.05) is 41.6 Å². The van der Waals surface area contributed by atoms with Crippen LogP contribution in [0.4, 0.5) is 5.82 Å². The summed E-state index contributed by atoms with van der Waals surface area (Å²) < 4.78 is 2.65. The lowest BCUT2D eigenvalue weighted by Gasteiger charge is -2.09. The third-order valence-corrected chi connectivity index (χ3v) is 2.71. The van der Waals surface area contributed by atoms with Gasteiger partial charge in [-0.3, -0.25) is 4.68 Å². The highest BCUT2D eigenvalue weighted by molar-refractivity contribution is 9.10. The number of nitrogens with one attached hydrogen (secondary N) is 1. The maximum absolute atomic E-state index is 8.83. The minimum Gasteiger partial charge on any atom is -0.395 e. The number of pyridine rings is 1. The molecule has 0 aliphatic carbocycles. The van der Waals surface area contributed by atoms with Crippen molar-refractivity contribution in [1.29, 1.82) is 0 Å². The van der Waals surface area contributed by atoms with E-state index in [1.165, 1.54) is 0 Å². The lowest BCUT2D eigenvalue weighted by Crippen LogP contribution is -2.07. The van der Waals surface area contributed by atoms with Crippen LogP contribution >= 0.6 is 15.9 Å². The summed E-state index contributed by atoms with van der Waals surface area (Å²) in [5.74, 6) is 0.746. The van der Waals surface area contributed by atoms with Crippen LogP contribution in [0.2, 0.25) is 0 Å². The summed E-state index contributed by atoms with van der Waals surface area (Å²) in [5, 5.41) is 16.1. The molecule has 2 aromatic rings. The van der Waals surface area contributed by atoms with Crippen molar-refractivity contribution in [3.63, 3.8) is 0 Å². The molecule has 2 rings (SSSR count). The van der Waals surface area contributed by atoms with Crippen molar-refractivity contribution in [1.82, 2.24) is 14.8 Å². The first kappa shape index (κ1) is 12.1. The van der Waals surface area contributed by atoms with Crippen LogP contribution in [0, 0.1) is 0 Å². The minimum absolute atomic E-state index is 0.0736. The van der Waals surface area contributed by atoms with Crippen molar-refractivity contribution in [2.45, 2.75) is 0 Å². The van der Waals surface area contributed by atoms with Crippen molar-refractivity contribution in [2.24, 2.45) is 7.05 Å². The minimum atomic E-state index is 0.0736. The maximum atomic E-state index is 8.83. The second-order valence-corrected chi connectivity index (χ2v) is 4.52. The van der Waals surface area contributed by atoms with Crippen molar-refractivity contribution < 1.29 is 5.11 Å². The molecular weight excluding hydrogens is 284 g/mol. The maximum Gasteiger partial charge on any atom is 0.134 e. The normalized spacial score (nSPS) is 10.5. The quantitative estimate of drug-likeness (QED) is 0.900. The van der Waals surface area contributed by atoms with Gasteiger partial charge in [-0.05, 0) is 22.0 Å². The van der Waals surface area contributed by atoms with Crippen LogP contribution in [-0.2, 0) is 7.05 Å². The fraction of sp³-hybridized carbons (Fsp3) is 0.273. The third-order valence-electron chi connectivity index (χ3n) is 2.27. The molecule has 0 aliphatic rings. The fourth-order valence-electron chi connectivity index (χ4n) is 1.53. The zero-order chi connectivity index (χ0) is 12.3. The molecule has 5 nitrogen and oxygen atoms in total. The zero-order valence-electron chi connectivity index (χ0n) is 9.39. The molecule has 0 saturated carbocycles. The van der Waals surface area contributed by atoms with E-state index in [4.69, 9.17) is 5.11 Å². The molecule has 0 fully saturated rings. The number of rotatable bonds is 4. The van der Waals surface area contributed by atoms with Crippen LogP contribution in [0.5, 0.6) is 0 Å². The highest BCUT2D eigenvalue weighted by Crippen LogP contribution is 2.28. The van der Waals surface area contributed by atoms with Crippen LogP contribution in [-0.4, -0.2) is 33.0 Å². The Labute approximate surface area is 108 Å². The number of aryl methyl sites for hydroxylation is 1. The SMILES string of the molecule is Cn1cc(-c2cc(Br)cnc2NCCO)cn1. The van der Waals surface area contributed by atoms with Gasteiger partial charge < -0.3 is 10.4 Å². The van der Waals surface area contributed by atoms with E-state index in [0.29, 0.717) is 6.54 Å². The summed E-state index contributed by atoms with van der Waals surface area (Å²) in [6, 6.07) is 1.98. The molecule has 0 radical (unpaired) electrons. The van der Waals surface area contributed by atoms with E-state index in [0.717, 1.165) is 21.4 Å². The van der Waals surface area contributed by atoms with Crippen molar-refractivity contribution >= 4 is 21.7 Å². The number of halogens is 1. The van der Waals surface area contributed by atoms with Gasteiger partial charge in [-0.1, -0.05) is 0 Å². The number of anilines is 1. The van der Waals surface area contributed by atoms with E-state index in [2.05, 4.69) is 31.3 Å². The summed E-state index contributed by atoms with van der Waals surface area (Å²) >= 11 is 3.40. The molecule has 0 spiro atoms. The van der Waals surface area contributed by atoms with Crippen LogP contribution in [0.3, 0.4) is 0 Å². The largest absolute Gasteiger partial charge is 0.395 e. The van der Waals surface area contributed by atoms with Crippen molar-refractivity contribution in [3.05, 3.63) is 29.1 Å². The second-order valence-electron chi connectivity index (χ2n) is 3.60. The Kier molecular flexibility index (Phi) is 3.75. The Morgan fingerprint density at radius 3 is 2.94 bits per heavy atom. The summed E-state index contributed by atoms with van der Waals surface area (Å²) in [4.78, 5) is 4.30. The standard InChI is InChI=1S/C11H13BrN4O/c1-16-7-8(5-15-16)10-4-9(12)6-14-11(10)13-2-3-17/h4-7,17H,2-3H2,1H3,(H,13,14). The van der Waals surface area contributed by atoms with Gasteiger partial charge >= 0.3 is 0 Å². The average molecular weight is 297 g/mol. The highest BCUT2D eigenvalue weighted by atomic mass is 79.9. The Hall–Kier alpha value is -1.40. The van der Waals surface area contributed by atoms with Crippen LogP contribution in [0.1, 0.15) is 0 Å². The topological polar surface area (TPSA) is 63.0 Å². The van der Waals surface area contributed by atoms with Gasteiger partial charge in [0.15, 0.2) is 0 Å². The van der Waals surface area contributed by atoms with Crippen molar-refractivity contribution in [2.75, 3.05) is 18.5 Å². The van der Waals surface area contributed by atoms with Gasteiger partial charge in [0.05, 0.1) is 12.8 Å². The Bertz CT molecular complexity index is 512. The van der Waals surface area contributed by atoms with Crippen LogP contribution in [0.25, 0.3) is 11.1 Å². The molecule has 6 heteroatoms. The van der Waals surface area contributed by atoms with E-state index >= 15 is 0 Å².